The SMILES string of the molecule is C=C(C)CCNc1ccc(N)cc1C. The summed E-state index contributed by atoms with van der Waals surface area (Å²) in [6.07, 6.45) is 1.00. The third-order valence-electron chi connectivity index (χ3n) is 2.12. The van der Waals surface area contributed by atoms with Crippen LogP contribution in [-0.2, 0) is 0 Å². The Morgan fingerprint density at radius 1 is 1.50 bits per heavy atom. The molecule has 3 N–H and O–H groups in total. The predicted molar refractivity (Wildman–Crippen MR) is 63.5 cm³/mol. The first-order chi connectivity index (χ1) is 6.59. The van der Waals surface area contributed by atoms with Gasteiger partial charge in [-0.05, 0) is 44.0 Å². The Balaban J connectivity index is 2.55. The normalized spacial score (nSPS) is 9.86. The van der Waals surface area contributed by atoms with E-state index in [4.69, 9.17) is 5.73 Å². The van der Waals surface area contributed by atoms with Gasteiger partial charge in [0.1, 0.15) is 0 Å². The first-order valence-corrected chi connectivity index (χ1v) is 4.84. The molecule has 1 rings (SSSR count). The van der Waals surface area contributed by atoms with Crippen LogP contribution in [0.1, 0.15) is 18.9 Å². The van der Waals surface area contributed by atoms with Gasteiger partial charge < -0.3 is 11.1 Å². The summed E-state index contributed by atoms with van der Waals surface area (Å²) in [6, 6.07) is 5.91. The van der Waals surface area contributed by atoms with Crippen molar-refractivity contribution in [2.75, 3.05) is 17.6 Å². The molecule has 0 saturated heterocycles. The molecule has 1 aromatic carbocycles. The maximum Gasteiger partial charge on any atom is 0.0371 e. The molecule has 2 nitrogen and oxygen atoms in total. The number of nitrogen functional groups attached to an aromatic ring is 1. The standard InChI is InChI=1S/C12H18N2/c1-9(2)6-7-14-12-5-4-11(13)8-10(12)3/h4-5,8,14H,1,6-7,13H2,2-3H3. The molecule has 76 valence electrons. The van der Waals surface area contributed by atoms with Gasteiger partial charge in [0, 0.05) is 17.9 Å². The third kappa shape index (κ3) is 3.13. The van der Waals surface area contributed by atoms with Crippen molar-refractivity contribution in [3.63, 3.8) is 0 Å². The Morgan fingerprint density at radius 3 is 2.79 bits per heavy atom. The van der Waals surface area contributed by atoms with Crippen molar-refractivity contribution in [3.05, 3.63) is 35.9 Å². The van der Waals surface area contributed by atoms with E-state index in [1.807, 2.05) is 25.1 Å². The van der Waals surface area contributed by atoms with Gasteiger partial charge in [0.2, 0.25) is 0 Å². The molecule has 0 aromatic heterocycles. The Hall–Kier alpha value is -1.44. The van der Waals surface area contributed by atoms with Crippen LogP contribution in [0, 0.1) is 6.92 Å². The van der Waals surface area contributed by atoms with Gasteiger partial charge in [-0.3, -0.25) is 0 Å². The van der Waals surface area contributed by atoms with E-state index in [1.54, 1.807) is 0 Å². The molecule has 14 heavy (non-hydrogen) atoms. The number of rotatable bonds is 4. The van der Waals surface area contributed by atoms with Crippen LogP contribution in [0.4, 0.5) is 11.4 Å². The minimum atomic E-state index is 0.813. The molecule has 0 unspecified atom stereocenters. The lowest BCUT2D eigenvalue weighted by Crippen LogP contribution is -2.03. The average Bonchev–Trinajstić information content (AvgIpc) is 2.08. The summed E-state index contributed by atoms with van der Waals surface area (Å²) in [5.41, 5.74) is 10.0. The average molecular weight is 190 g/mol. The summed E-state index contributed by atoms with van der Waals surface area (Å²) < 4.78 is 0. The topological polar surface area (TPSA) is 38.0 Å². The van der Waals surface area contributed by atoms with Gasteiger partial charge in [0.25, 0.3) is 0 Å². The summed E-state index contributed by atoms with van der Waals surface area (Å²) in [4.78, 5) is 0. The van der Waals surface area contributed by atoms with E-state index < -0.39 is 0 Å². The van der Waals surface area contributed by atoms with Gasteiger partial charge in [-0.15, -0.1) is 6.58 Å². The van der Waals surface area contributed by atoms with E-state index in [9.17, 15) is 0 Å². The summed E-state index contributed by atoms with van der Waals surface area (Å²) >= 11 is 0. The fraction of sp³-hybridized carbons (Fsp3) is 0.333. The fourth-order valence-corrected chi connectivity index (χ4v) is 1.30. The Bertz CT molecular complexity index is 329. The summed E-state index contributed by atoms with van der Waals surface area (Å²) in [7, 11) is 0. The zero-order chi connectivity index (χ0) is 10.6. The van der Waals surface area contributed by atoms with Gasteiger partial charge in [0.05, 0.1) is 0 Å². The van der Waals surface area contributed by atoms with Crippen LogP contribution in [0.2, 0.25) is 0 Å². The van der Waals surface area contributed by atoms with Crippen LogP contribution in [0.5, 0.6) is 0 Å². The van der Waals surface area contributed by atoms with E-state index in [2.05, 4.69) is 18.8 Å². The number of aryl methyl sites for hydroxylation is 1. The number of hydrogen-bond donors (Lipinski definition) is 2. The maximum atomic E-state index is 5.66. The summed E-state index contributed by atoms with van der Waals surface area (Å²) in [5, 5.41) is 3.36. The molecule has 0 aliphatic carbocycles. The van der Waals surface area contributed by atoms with Crippen molar-refractivity contribution < 1.29 is 0 Å². The molecule has 0 bridgehead atoms. The number of benzene rings is 1. The highest BCUT2D eigenvalue weighted by Gasteiger charge is 1.97. The molecule has 0 aliphatic heterocycles. The number of nitrogens with two attached hydrogens (primary N) is 1. The highest BCUT2D eigenvalue weighted by Crippen LogP contribution is 2.17. The van der Waals surface area contributed by atoms with Gasteiger partial charge >= 0.3 is 0 Å². The number of nitrogens with one attached hydrogen (secondary N) is 1. The number of hydrogen-bond acceptors (Lipinski definition) is 2. The van der Waals surface area contributed by atoms with E-state index in [1.165, 1.54) is 11.1 Å². The van der Waals surface area contributed by atoms with Crippen molar-refractivity contribution in [2.45, 2.75) is 20.3 Å². The largest absolute Gasteiger partial charge is 0.399 e. The van der Waals surface area contributed by atoms with Crippen molar-refractivity contribution in [3.8, 4) is 0 Å². The van der Waals surface area contributed by atoms with E-state index in [0.717, 1.165) is 24.3 Å². The molecule has 0 aliphatic rings. The quantitative estimate of drug-likeness (QED) is 0.566. The second-order valence-corrected chi connectivity index (χ2v) is 3.71. The molecule has 0 amide bonds. The minimum absolute atomic E-state index is 0.813. The van der Waals surface area contributed by atoms with Crippen molar-refractivity contribution in [1.29, 1.82) is 0 Å². The van der Waals surface area contributed by atoms with Crippen molar-refractivity contribution >= 4 is 11.4 Å². The van der Waals surface area contributed by atoms with Gasteiger partial charge in [-0.1, -0.05) is 5.57 Å². The maximum absolute atomic E-state index is 5.66. The minimum Gasteiger partial charge on any atom is -0.399 e. The smallest absolute Gasteiger partial charge is 0.0371 e. The van der Waals surface area contributed by atoms with Crippen LogP contribution in [0.15, 0.2) is 30.4 Å². The summed E-state index contributed by atoms with van der Waals surface area (Å²) in [6.45, 7) is 8.89. The van der Waals surface area contributed by atoms with E-state index in [0.29, 0.717) is 0 Å². The first kappa shape index (κ1) is 10.6. The molecule has 0 atom stereocenters. The lowest BCUT2D eigenvalue weighted by Gasteiger charge is -2.09. The highest BCUT2D eigenvalue weighted by atomic mass is 14.9. The van der Waals surface area contributed by atoms with Crippen LogP contribution in [-0.4, -0.2) is 6.54 Å². The van der Waals surface area contributed by atoms with E-state index >= 15 is 0 Å². The van der Waals surface area contributed by atoms with Gasteiger partial charge in [-0.2, -0.15) is 0 Å². The van der Waals surface area contributed by atoms with E-state index in [-0.39, 0.29) is 0 Å². The van der Waals surface area contributed by atoms with Crippen molar-refractivity contribution in [2.24, 2.45) is 0 Å². The third-order valence-corrected chi connectivity index (χ3v) is 2.12. The molecule has 0 saturated carbocycles. The van der Waals surface area contributed by atoms with Crippen LogP contribution in [0.3, 0.4) is 0 Å². The monoisotopic (exact) mass is 190 g/mol. The molecule has 0 heterocycles. The Morgan fingerprint density at radius 2 is 2.21 bits per heavy atom. The van der Waals surface area contributed by atoms with Crippen LogP contribution < -0.4 is 11.1 Å². The fourth-order valence-electron chi connectivity index (χ4n) is 1.30. The zero-order valence-corrected chi connectivity index (χ0v) is 8.93. The predicted octanol–water partition coefficient (Wildman–Crippen LogP) is 2.96. The molecule has 0 fully saturated rings. The Kier molecular flexibility index (Phi) is 3.57. The Labute approximate surface area is 85.8 Å². The molecule has 0 radical (unpaired) electrons. The van der Waals surface area contributed by atoms with Crippen LogP contribution >= 0.6 is 0 Å². The summed E-state index contributed by atoms with van der Waals surface area (Å²) in [5.74, 6) is 0. The van der Waals surface area contributed by atoms with Gasteiger partial charge in [-0.25, -0.2) is 0 Å². The first-order valence-electron chi connectivity index (χ1n) is 4.84. The molecule has 2 heteroatoms. The molecular weight excluding hydrogens is 172 g/mol. The highest BCUT2D eigenvalue weighted by molar-refractivity contribution is 5.57. The lowest BCUT2D eigenvalue weighted by molar-refractivity contribution is 1.000. The molecule has 1 aromatic rings. The molecular formula is C12H18N2. The zero-order valence-electron chi connectivity index (χ0n) is 8.93. The second kappa shape index (κ2) is 4.70. The lowest BCUT2D eigenvalue weighted by atomic mass is 10.1. The molecule has 0 spiro atoms. The van der Waals surface area contributed by atoms with Gasteiger partial charge in [0.15, 0.2) is 0 Å². The second-order valence-electron chi connectivity index (χ2n) is 3.71. The number of anilines is 2. The van der Waals surface area contributed by atoms with Crippen molar-refractivity contribution in [1.82, 2.24) is 0 Å². The van der Waals surface area contributed by atoms with Crippen LogP contribution in [0.25, 0.3) is 0 Å².